The van der Waals surface area contributed by atoms with Crippen LogP contribution in [0.25, 0.3) is 0 Å². The molecule has 0 atom stereocenters. The van der Waals surface area contributed by atoms with E-state index in [2.05, 4.69) is 15.6 Å². The van der Waals surface area contributed by atoms with Crippen LogP contribution in [0.1, 0.15) is 17.3 Å². The lowest BCUT2D eigenvalue weighted by molar-refractivity contribution is 0.0955. The van der Waals surface area contributed by atoms with E-state index in [0.717, 1.165) is 10.8 Å². The zero-order valence-electron chi connectivity index (χ0n) is 11.9. The van der Waals surface area contributed by atoms with Crippen LogP contribution in [0.2, 0.25) is 0 Å². The molecule has 0 saturated carbocycles. The van der Waals surface area contributed by atoms with Crippen molar-refractivity contribution in [3.8, 4) is 0 Å². The summed E-state index contributed by atoms with van der Waals surface area (Å²) in [6, 6.07) is 3.34. The highest BCUT2D eigenvalue weighted by Gasteiger charge is 2.14. The summed E-state index contributed by atoms with van der Waals surface area (Å²) in [7, 11) is -0.379. The van der Waals surface area contributed by atoms with Crippen molar-refractivity contribution >= 4 is 21.7 Å². The lowest BCUT2D eigenvalue weighted by atomic mass is 10.2. The third-order valence-electron chi connectivity index (χ3n) is 2.59. The Labute approximate surface area is 119 Å². The standard InChI is InChI=1S/C12H20N4O3S/c1-4-13-11-6-5-10(9-15-11)12(17)14-7-8-20(18,19)16(2)3/h5-6,9H,4,7-8H2,1-3H3,(H,13,15)(H,14,17). The number of hydrogen-bond acceptors (Lipinski definition) is 5. The maximum atomic E-state index is 11.8. The molecule has 0 aromatic carbocycles. The number of pyridine rings is 1. The highest BCUT2D eigenvalue weighted by molar-refractivity contribution is 7.89. The second kappa shape index (κ2) is 7.20. The fourth-order valence-electron chi connectivity index (χ4n) is 1.39. The van der Waals surface area contributed by atoms with Crippen molar-refractivity contribution in [3.05, 3.63) is 23.9 Å². The van der Waals surface area contributed by atoms with Crippen LogP contribution in [0.4, 0.5) is 5.82 Å². The smallest absolute Gasteiger partial charge is 0.252 e. The van der Waals surface area contributed by atoms with Gasteiger partial charge < -0.3 is 10.6 Å². The molecule has 0 aliphatic rings. The lowest BCUT2D eigenvalue weighted by Gasteiger charge is -2.11. The van der Waals surface area contributed by atoms with E-state index in [0.29, 0.717) is 11.4 Å². The molecule has 0 fully saturated rings. The first-order valence-electron chi connectivity index (χ1n) is 6.25. The summed E-state index contributed by atoms with van der Waals surface area (Å²) in [6.45, 7) is 2.77. The first kappa shape index (κ1) is 16.4. The van der Waals surface area contributed by atoms with Gasteiger partial charge in [0.05, 0.1) is 11.3 Å². The predicted octanol–water partition coefficient (Wildman–Crippen LogP) is 0.135. The summed E-state index contributed by atoms with van der Waals surface area (Å²) < 4.78 is 24.2. The highest BCUT2D eigenvalue weighted by atomic mass is 32.2. The van der Waals surface area contributed by atoms with Crippen molar-refractivity contribution in [2.45, 2.75) is 6.92 Å². The number of nitrogens with zero attached hydrogens (tertiary/aromatic N) is 2. The highest BCUT2D eigenvalue weighted by Crippen LogP contribution is 2.04. The van der Waals surface area contributed by atoms with Gasteiger partial charge in [-0.3, -0.25) is 4.79 Å². The van der Waals surface area contributed by atoms with Gasteiger partial charge >= 0.3 is 0 Å². The fraction of sp³-hybridized carbons (Fsp3) is 0.500. The summed E-state index contributed by atoms with van der Waals surface area (Å²) in [6.07, 6.45) is 1.45. The quantitative estimate of drug-likeness (QED) is 0.747. The van der Waals surface area contributed by atoms with Gasteiger partial charge in [-0.1, -0.05) is 0 Å². The molecule has 1 heterocycles. The molecule has 0 bridgehead atoms. The summed E-state index contributed by atoms with van der Waals surface area (Å²) in [4.78, 5) is 15.9. The van der Waals surface area contributed by atoms with Gasteiger partial charge in [-0.05, 0) is 19.1 Å². The van der Waals surface area contributed by atoms with Crippen molar-refractivity contribution in [1.29, 1.82) is 0 Å². The van der Waals surface area contributed by atoms with Gasteiger partial charge in [0.2, 0.25) is 10.0 Å². The van der Waals surface area contributed by atoms with Gasteiger partial charge in [0.25, 0.3) is 5.91 Å². The Bertz CT molecular complexity index is 540. The Morgan fingerprint density at radius 1 is 1.35 bits per heavy atom. The molecular formula is C12H20N4O3S. The molecule has 1 aromatic rings. The molecule has 20 heavy (non-hydrogen) atoms. The molecule has 7 nitrogen and oxygen atoms in total. The fourth-order valence-corrected chi connectivity index (χ4v) is 2.12. The molecule has 0 aliphatic carbocycles. The van der Waals surface area contributed by atoms with E-state index in [1.54, 1.807) is 12.1 Å². The Balaban J connectivity index is 2.51. The zero-order valence-corrected chi connectivity index (χ0v) is 12.7. The van der Waals surface area contributed by atoms with E-state index >= 15 is 0 Å². The molecule has 1 amide bonds. The van der Waals surface area contributed by atoms with Crippen LogP contribution in [0.3, 0.4) is 0 Å². The number of hydrogen-bond donors (Lipinski definition) is 2. The molecule has 8 heteroatoms. The average Bonchev–Trinajstić information content (AvgIpc) is 2.39. The zero-order chi connectivity index (χ0) is 15.2. The first-order valence-corrected chi connectivity index (χ1v) is 7.86. The number of sulfonamides is 1. The number of anilines is 1. The molecule has 1 aromatic heterocycles. The maximum Gasteiger partial charge on any atom is 0.252 e. The average molecular weight is 300 g/mol. The van der Waals surface area contributed by atoms with Gasteiger partial charge in [-0.2, -0.15) is 0 Å². The van der Waals surface area contributed by atoms with Gasteiger partial charge in [0.1, 0.15) is 5.82 Å². The molecular weight excluding hydrogens is 280 g/mol. The normalized spacial score (nSPS) is 11.4. The molecule has 1 rings (SSSR count). The van der Waals surface area contributed by atoms with Crippen LogP contribution in [-0.2, 0) is 10.0 Å². The van der Waals surface area contributed by atoms with Crippen LogP contribution in [0, 0.1) is 0 Å². The molecule has 0 saturated heterocycles. The van der Waals surface area contributed by atoms with E-state index < -0.39 is 10.0 Å². The van der Waals surface area contributed by atoms with Gasteiger partial charge in [-0.25, -0.2) is 17.7 Å². The molecule has 112 valence electrons. The van der Waals surface area contributed by atoms with Crippen molar-refractivity contribution < 1.29 is 13.2 Å². The molecule has 0 aliphatic heterocycles. The maximum absolute atomic E-state index is 11.8. The Morgan fingerprint density at radius 3 is 2.55 bits per heavy atom. The van der Waals surface area contributed by atoms with Crippen molar-refractivity contribution in [2.75, 3.05) is 38.3 Å². The Kier molecular flexibility index (Phi) is 5.90. The third kappa shape index (κ3) is 4.78. The van der Waals surface area contributed by atoms with Crippen molar-refractivity contribution in [2.24, 2.45) is 0 Å². The minimum atomic E-state index is -3.30. The van der Waals surface area contributed by atoms with E-state index in [-0.39, 0.29) is 18.2 Å². The number of carbonyl (C=O) groups excluding carboxylic acids is 1. The number of amides is 1. The number of aromatic nitrogens is 1. The van der Waals surface area contributed by atoms with E-state index in [1.807, 2.05) is 6.92 Å². The topological polar surface area (TPSA) is 91.4 Å². The van der Waals surface area contributed by atoms with E-state index in [9.17, 15) is 13.2 Å². The van der Waals surface area contributed by atoms with E-state index in [4.69, 9.17) is 0 Å². The molecule has 2 N–H and O–H groups in total. The molecule has 0 unspecified atom stereocenters. The minimum absolute atomic E-state index is 0.0638. The third-order valence-corrected chi connectivity index (χ3v) is 4.42. The second-order valence-corrected chi connectivity index (χ2v) is 6.62. The predicted molar refractivity (Wildman–Crippen MR) is 78.2 cm³/mol. The van der Waals surface area contributed by atoms with Crippen molar-refractivity contribution in [1.82, 2.24) is 14.6 Å². The van der Waals surface area contributed by atoms with Crippen molar-refractivity contribution in [3.63, 3.8) is 0 Å². The SMILES string of the molecule is CCNc1ccc(C(=O)NCCS(=O)(=O)N(C)C)cn1. The van der Waals surface area contributed by atoms with Crippen LogP contribution in [0.15, 0.2) is 18.3 Å². The van der Waals surface area contributed by atoms with Crippen LogP contribution in [-0.4, -0.2) is 56.6 Å². The number of nitrogens with one attached hydrogen (secondary N) is 2. The largest absolute Gasteiger partial charge is 0.370 e. The summed E-state index contributed by atoms with van der Waals surface area (Å²) in [5, 5.41) is 5.58. The Hall–Kier alpha value is -1.67. The first-order chi connectivity index (χ1) is 9.36. The van der Waals surface area contributed by atoms with E-state index in [1.165, 1.54) is 20.3 Å². The lowest BCUT2D eigenvalue weighted by Crippen LogP contribution is -2.33. The van der Waals surface area contributed by atoms with Gasteiger partial charge in [-0.15, -0.1) is 0 Å². The van der Waals surface area contributed by atoms with Gasteiger partial charge in [0.15, 0.2) is 0 Å². The van der Waals surface area contributed by atoms with Crippen LogP contribution >= 0.6 is 0 Å². The number of rotatable bonds is 7. The Morgan fingerprint density at radius 2 is 2.05 bits per heavy atom. The van der Waals surface area contributed by atoms with Gasteiger partial charge in [0, 0.05) is 33.4 Å². The summed E-state index contributed by atoms with van der Waals surface area (Å²) in [5.41, 5.74) is 0.397. The van der Waals surface area contributed by atoms with Crippen LogP contribution < -0.4 is 10.6 Å². The summed E-state index contributed by atoms with van der Waals surface area (Å²) >= 11 is 0. The summed E-state index contributed by atoms with van der Waals surface area (Å²) in [5.74, 6) is 0.225. The monoisotopic (exact) mass is 300 g/mol. The number of carbonyl (C=O) groups is 1. The van der Waals surface area contributed by atoms with Crippen LogP contribution in [0.5, 0.6) is 0 Å². The second-order valence-electron chi connectivity index (χ2n) is 4.32. The molecule has 0 radical (unpaired) electrons. The molecule has 0 spiro atoms. The minimum Gasteiger partial charge on any atom is -0.370 e.